The molecule has 3 rings (SSSR count). The van der Waals surface area contributed by atoms with Gasteiger partial charge < -0.3 is 10.6 Å². The molecule has 0 aliphatic carbocycles. The predicted octanol–water partition coefficient (Wildman–Crippen LogP) is 3.69. The Morgan fingerprint density at radius 3 is 2.63 bits per heavy atom. The van der Waals surface area contributed by atoms with Crippen LogP contribution in [0.2, 0.25) is 0 Å². The van der Waals surface area contributed by atoms with Crippen molar-refractivity contribution in [2.45, 2.75) is 24.8 Å². The fraction of sp³-hybridized carbons (Fsp3) is 0.211. The Balaban J connectivity index is 1.82. The van der Waals surface area contributed by atoms with Crippen LogP contribution in [-0.4, -0.2) is 27.3 Å². The zero-order valence-electron chi connectivity index (χ0n) is 15.0. The minimum atomic E-state index is -0.328. The van der Waals surface area contributed by atoms with Gasteiger partial charge in [0.15, 0.2) is 11.6 Å². The van der Waals surface area contributed by atoms with Crippen molar-refractivity contribution in [3.05, 3.63) is 59.4 Å². The third kappa shape index (κ3) is 4.28. The number of halogens is 1. The van der Waals surface area contributed by atoms with E-state index < -0.39 is 0 Å². The molecule has 8 heteroatoms. The smallest absolute Gasteiger partial charge is 0.210 e. The average molecular weight is 386 g/mol. The number of rotatable bonds is 7. The molecule has 2 N–H and O–H groups in total. The normalized spacial score (nSPS) is 10.8. The number of ketones is 1. The third-order valence-corrected chi connectivity index (χ3v) is 4.88. The number of nitrogen functional groups attached to an aromatic ring is 1. The number of Topliss-reactive ketones (excluding diaryl/α,β-unsaturated/α-hetero) is 1. The summed E-state index contributed by atoms with van der Waals surface area (Å²) >= 11 is 1.38. The van der Waals surface area contributed by atoms with Crippen molar-refractivity contribution in [1.29, 1.82) is 0 Å². The molecule has 1 aromatic heterocycles. The zero-order valence-corrected chi connectivity index (χ0v) is 15.8. The van der Waals surface area contributed by atoms with Gasteiger partial charge in [0.2, 0.25) is 5.16 Å². The van der Waals surface area contributed by atoms with Crippen LogP contribution in [0.3, 0.4) is 0 Å². The summed E-state index contributed by atoms with van der Waals surface area (Å²) in [4.78, 5) is 11.7. The zero-order chi connectivity index (χ0) is 19.4. The van der Waals surface area contributed by atoms with Crippen LogP contribution in [-0.2, 0) is 5.75 Å². The van der Waals surface area contributed by atoms with Gasteiger partial charge in [-0.15, -0.1) is 10.2 Å². The summed E-state index contributed by atoms with van der Waals surface area (Å²) in [6, 6.07) is 11.3. The molecular formula is C19H19FN4O2S. The first kappa shape index (κ1) is 18.9. The molecule has 0 amide bonds. The Bertz CT molecular complexity index is 957. The van der Waals surface area contributed by atoms with Crippen molar-refractivity contribution >= 4 is 17.5 Å². The monoisotopic (exact) mass is 386 g/mol. The van der Waals surface area contributed by atoms with E-state index in [-0.39, 0.29) is 11.6 Å². The maximum absolute atomic E-state index is 13.1. The predicted molar refractivity (Wildman–Crippen MR) is 103 cm³/mol. The van der Waals surface area contributed by atoms with Gasteiger partial charge in [-0.2, -0.15) is 0 Å². The Labute approximate surface area is 160 Å². The van der Waals surface area contributed by atoms with E-state index in [1.165, 1.54) is 35.5 Å². The molecule has 0 saturated carbocycles. The molecule has 0 aliphatic rings. The molecule has 0 spiro atoms. The molecule has 0 aliphatic heterocycles. The van der Waals surface area contributed by atoms with Crippen molar-refractivity contribution in [1.82, 2.24) is 14.9 Å². The maximum atomic E-state index is 13.1. The van der Waals surface area contributed by atoms with Crippen LogP contribution in [0.1, 0.15) is 29.8 Å². The lowest BCUT2D eigenvalue weighted by molar-refractivity contribution is 0.101. The van der Waals surface area contributed by atoms with Gasteiger partial charge in [-0.05, 0) is 56.3 Å². The summed E-state index contributed by atoms with van der Waals surface area (Å²) in [6.45, 7) is 3.96. The van der Waals surface area contributed by atoms with Gasteiger partial charge in [0.1, 0.15) is 11.6 Å². The van der Waals surface area contributed by atoms with Crippen molar-refractivity contribution < 1.29 is 13.9 Å². The highest BCUT2D eigenvalue weighted by Gasteiger charge is 2.14. The highest BCUT2D eigenvalue weighted by atomic mass is 32.2. The average Bonchev–Trinajstić information content (AvgIpc) is 3.02. The molecule has 0 fully saturated rings. The molecule has 2 aromatic carbocycles. The lowest BCUT2D eigenvalue weighted by Gasteiger charge is -2.11. The van der Waals surface area contributed by atoms with Crippen LogP contribution in [0.4, 0.5) is 4.39 Å². The highest BCUT2D eigenvalue weighted by molar-refractivity contribution is 7.98. The number of aromatic nitrogens is 3. The van der Waals surface area contributed by atoms with Crippen molar-refractivity contribution in [3.8, 4) is 17.1 Å². The molecule has 140 valence electrons. The quantitative estimate of drug-likeness (QED) is 0.379. The minimum Gasteiger partial charge on any atom is -0.494 e. The van der Waals surface area contributed by atoms with Gasteiger partial charge in [-0.25, -0.2) is 9.07 Å². The molecule has 3 aromatic rings. The molecule has 0 unspecified atom stereocenters. The number of carbonyl (C=O) groups excluding carboxylic acids is 1. The van der Waals surface area contributed by atoms with Gasteiger partial charge in [0.05, 0.1) is 6.61 Å². The summed E-state index contributed by atoms with van der Waals surface area (Å²) in [5, 5.41) is 8.71. The van der Waals surface area contributed by atoms with Crippen LogP contribution < -0.4 is 10.6 Å². The second-order valence-corrected chi connectivity index (χ2v) is 6.73. The molecule has 0 atom stereocenters. The lowest BCUT2D eigenvalue weighted by atomic mass is 10.1. The van der Waals surface area contributed by atoms with Crippen molar-refractivity contribution in [3.63, 3.8) is 0 Å². The summed E-state index contributed by atoms with van der Waals surface area (Å²) in [5.74, 6) is 7.44. The van der Waals surface area contributed by atoms with Gasteiger partial charge in [0, 0.05) is 22.4 Å². The minimum absolute atomic E-state index is 0.00936. The Hall–Kier alpha value is -2.87. The number of nitrogens with two attached hydrogens (primary N) is 1. The van der Waals surface area contributed by atoms with Crippen molar-refractivity contribution in [2.24, 2.45) is 0 Å². The summed E-state index contributed by atoms with van der Waals surface area (Å²) in [6.07, 6.45) is 0. The van der Waals surface area contributed by atoms with E-state index in [2.05, 4.69) is 10.2 Å². The highest BCUT2D eigenvalue weighted by Crippen LogP contribution is 2.29. The molecule has 0 bridgehead atoms. The number of hydrogen-bond acceptors (Lipinski definition) is 6. The number of hydrogen-bond donors (Lipinski definition) is 1. The van der Waals surface area contributed by atoms with Crippen LogP contribution in [0.15, 0.2) is 47.6 Å². The van der Waals surface area contributed by atoms with Crippen LogP contribution >= 0.6 is 11.8 Å². The first-order valence-corrected chi connectivity index (χ1v) is 9.34. The number of nitrogens with zero attached hydrogens (tertiary/aromatic N) is 3. The van der Waals surface area contributed by atoms with E-state index in [4.69, 9.17) is 10.6 Å². The SMILES string of the molecule is CCOc1ccc(C(C)=O)cc1CSc1nnc(-c2ccc(F)cc2)n1N. The van der Waals surface area contributed by atoms with Gasteiger partial charge in [0.25, 0.3) is 0 Å². The Morgan fingerprint density at radius 2 is 1.96 bits per heavy atom. The Kier molecular flexibility index (Phi) is 5.75. The summed E-state index contributed by atoms with van der Waals surface area (Å²) in [5.41, 5.74) is 2.17. The first-order chi connectivity index (χ1) is 13.0. The molecule has 0 radical (unpaired) electrons. The van der Waals surface area contributed by atoms with Gasteiger partial charge in [-0.3, -0.25) is 4.79 Å². The largest absolute Gasteiger partial charge is 0.494 e. The number of thioether (sulfide) groups is 1. The fourth-order valence-corrected chi connectivity index (χ4v) is 3.36. The van der Waals surface area contributed by atoms with Gasteiger partial charge in [-0.1, -0.05) is 11.8 Å². The fourth-order valence-electron chi connectivity index (χ4n) is 2.52. The molecule has 27 heavy (non-hydrogen) atoms. The van der Waals surface area contributed by atoms with E-state index in [0.29, 0.717) is 34.5 Å². The van der Waals surface area contributed by atoms with E-state index in [1.54, 1.807) is 24.3 Å². The van der Waals surface area contributed by atoms with Gasteiger partial charge >= 0.3 is 0 Å². The molecule has 6 nitrogen and oxygen atoms in total. The number of ether oxygens (including phenoxy) is 1. The molecular weight excluding hydrogens is 367 g/mol. The van der Waals surface area contributed by atoms with E-state index >= 15 is 0 Å². The number of benzene rings is 2. The standard InChI is InChI=1S/C19H19FN4O2S/c1-3-26-17-9-6-14(12(2)25)10-15(17)11-27-19-23-22-18(24(19)21)13-4-7-16(20)8-5-13/h4-10H,3,11,21H2,1-2H3. The second kappa shape index (κ2) is 8.22. The third-order valence-electron chi connectivity index (χ3n) is 3.89. The molecule has 0 saturated heterocycles. The van der Waals surface area contributed by atoms with Crippen molar-refractivity contribution in [2.75, 3.05) is 12.4 Å². The summed E-state index contributed by atoms with van der Waals surface area (Å²) < 4.78 is 20.1. The maximum Gasteiger partial charge on any atom is 0.210 e. The lowest BCUT2D eigenvalue weighted by Crippen LogP contribution is -2.11. The number of carbonyl (C=O) groups is 1. The first-order valence-electron chi connectivity index (χ1n) is 8.35. The van der Waals surface area contributed by atoms with E-state index in [1.807, 2.05) is 13.0 Å². The van der Waals surface area contributed by atoms with E-state index in [9.17, 15) is 9.18 Å². The van der Waals surface area contributed by atoms with E-state index in [0.717, 1.165) is 11.3 Å². The van der Waals surface area contributed by atoms with Crippen LogP contribution in [0, 0.1) is 5.82 Å². The van der Waals surface area contributed by atoms with Crippen LogP contribution in [0.25, 0.3) is 11.4 Å². The molecule has 1 heterocycles. The van der Waals surface area contributed by atoms with Crippen LogP contribution in [0.5, 0.6) is 5.75 Å². The summed E-state index contributed by atoms with van der Waals surface area (Å²) in [7, 11) is 0. The Morgan fingerprint density at radius 1 is 1.22 bits per heavy atom. The topological polar surface area (TPSA) is 83.0 Å². The second-order valence-electron chi connectivity index (χ2n) is 5.78.